The maximum Gasteiger partial charge on any atom is 0.110 e. The summed E-state index contributed by atoms with van der Waals surface area (Å²) < 4.78 is 2.43. The van der Waals surface area contributed by atoms with Crippen molar-refractivity contribution in [2.24, 2.45) is 5.41 Å². The third-order valence-corrected chi connectivity index (χ3v) is 4.00. The molecule has 0 aliphatic rings. The van der Waals surface area contributed by atoms with E-state index < -0.39 is 0 Å². The number of aromatic nitrogens is 2. The summed E-state index contributed by atoms with van der Waals surface area (Å²) in [5.41, 5.74) is 2.58. The molecule has 0 saturated carbocycles. The first-order valence-corrected chi connectivity index (χ1v) is 8.67. The number of fused-ring (bicyclic) bond motifs is 1. The largest absolute Gasteiger partial charge is 0.327 e. The molecule has 0 fully saturated rings. The highest BCUT2D eigenvalue weighted by molar-refractivity contribution is 5.75. The summed E-state index contributed by atoms with van der Waals surface area (Å²) in [4.78, 5) is 7.16. The van der Waals surface area contributed by atoms with E-state index in [1.165, 1.54) is 11.3 Å². The zero-order valence-electron chi connectivity index (χ0n) is 15.3. The molecule has 0 bridgehead atoms. The van der Waals surface area contributed by atoms with E-state index in [4.69, 9.17) is 4.98 Å². The maximum atomic E-state index is 4.89. The number of hydrogen-bond donors (Lipinski definition) is 0. The van der Waals surface area contributed by atoms with E-state index in [2.05, 4.69) is 80.8 Å². The highest BCUT2D eigenvalue weighted by Gasteiger charge is 2.22. The van der Waals surface area contributed by atoms with Gasteiger partial charge in [0.25, 0.3) is 0 Å². The zero-order chi connectivity index (χ0) is 16.9. The molecule has 3 heteroatoms. The second kappa shape index (κ2) is 7.78. The fourth-order valence-corrected chi connectivity index (χ4v) is 3.32. The minimum Gasteiger partial charge on any atom is -0.327 e. The van der Waals surface area contributed by atoms with Crippen LogP contribution in [0.2, 0.25) is 0 Å². The second-order valence-corrected chi connectivity index (χ2v) is 7.42. The van der Waals surface area contributed by atoms with Crippen LogP contribution in [0.15, 0.2) is 36.4 Å². The molecule has 0 N–H and O–H groups in total. The molecular weight excluding hydrogens is 282 g/mol. The molecule has 1 heterocycles. The molecule has 0 aliphatic heterocycles. The average molecular weight is 313 g/mol. The highest BCUT2D eigenvalue weighted by atomic mass is 15.1. The molecular formula is C20H31N3. The van der Waals surface area contributed by atoms with Crippen LogP contribution in [-0.2, 0) is 13.0 Å². The number of nitrogens with zero attached hydrogens (tertiary/aromatic N) is 3. The van der Waals surface area contributed by atoms with Crippen molar-refractivity contribution in [3.8, 4) is 0 Å². The molecule has 3 nitrogen and oxygen atoms in total. The van der Waals surface area contributed by atoms with Crippen molar-refractivity contribution in [2.45, 2.75) is 46.6 Å². The fraction of sp³-hybridized carbons (Fsp3) is 0.550. The van der Waals surface area contributed by atoms with Gasteiger partial charge in [-0.1, -0.05) is 45.1 Å². The predicted octanol–water partition coefficient (Wildman–Crippen LogP) is 4.52. The number of rotatable bonds is 8. The van der Waals surface area contributed by atoms with E-state index in [0.717, 1.165) is 37.9 Å². The molecule has 0 radical (unpaired) electrons. The zero-order valence-corrected chi connectivity index (χ0v) is 15.3. The van der Waals surface area contributed by atoms with Gasteiger partial charge in [-0.25, -0.2) is 4.98 Å². The number of aryl methyl sites for hydroxylation is 1. The Bertz CT molecular complexity index is 650. The van der Waals surface area contributed by atoms with E-state index in [0.29, 0.717) is 0 Å². The van der Waals surface area contributed by atoms with Crippen LogP contribution in [0.5, 0.6) is 0 Å². The van der Waals surface area contributed by atoms with E-state index in [-0.39, 0.29) is 5.41 Å². The van der Waals surface area contributed by atoms with E-state index in [1.54, 1.807) is 0 Å². The second-order valence-electron chi connectivity index (χ2n) is 7.42. The standard InChI is InChI=1S/C20H31N3/c1-6-7-8-9-14-19-21-17-12-10-11-13-18(17)23(19)16-20(2,3)15-22(4)5/h7-8,10-13H,6,9,14-16H2,1-5H3. The SMILES string of the molecule is CCC=CCCc1nc2ccccc2n1CC(C)(C)CN(C)C. The van der Waals surface area contributed by atoms with Gasteiger partial charge in [-0.15, -0.1) is 0 Å². The molecule has 126 valence electrons. The monoisotopic (exact) mass is 313 g/mol. The van der Waals surface area contributed by atoms with Crippen LogP contribution in [0.1, 0.15) is 39.4 Å². The van der Waals surface area contributed by atoms with Gasteiger partial charge in [0.15, 0.2) is 0 Å². The Labute approximate surface area is 141 Å². The highest BCUT2D eigenvalue weighted by Crippen LogP contribution is 2.25. The topological polar surface area (TPSA) is 21.1 Å². The first kappa shape index (κ1) is 17.7. The van der Waals surface area contributed by atoms with Gasteiger partial charge in [0.1, 0.15) is 5.82 Å². The molecule has 1 aromatic carbocycles. The molecule has 0 unspecified atom stereocenters. The average Bonchev–Trinajstić information content (AvgIpc) is 2.80. The number of allylic oxidation sites excluding steroid dienone is 2. The van der Waals surface area contributed by atoms with Gasteiger partial charge in [0.2, 0.25) is 0 Å². The first-order valence-electron chi connectivity index (χ1n) is 8.67. The molecule has 2 rings (SSSR count). The third kappa shape index (κ3) is 4.93. The molecule has 0 atom stereocenters. The van der Waals surface area contributed by atoms with Crippen molar-refractivity contribution in [1.29, 1.82) is 0 Å². The van der Waals surface area contributed by atoms with Crippen LogP contribution in [0.4, 0.5) is 0 Å². The van der Waals surface area contributed by atoms with E-state index >= 15 is 0 Å². The molecule has 0 amide bonds. The Kier molecular flexibility index (Phi) is 6.00. The van der Waals surface area contributed by atoms with Crippen molar-refractivity contribution in [3.05, 3.63) is 42.2 Å². The van der Waals surface area contributed by atoms with Gasteiger partial charge in [0, 0.05) is 19.5 Å². The van der Waals surface area contributed by atoms with Gasteiger partial charge in [-0.05, 0) is 44.5 Å². The van der Waals surface area contributed by atoms with Crippen LogP contribution in [0, 0.1) is 5.41 Å². The summed E-state index contributed by atoms with van der Waals surface area (Å²) in [5, 5.41) is 0. The van der Waals surface area contributed by atoms with Gasteiger partial charge in [0.05, 0.1) is 11.0 Å². The minimum atomic E-state index is 0.209. The normalized spacial score (nSPS) is 12.8. The van der Waals surface area contributed by atoms with Crippen molar-refractivity contribution in [3.63, 3.8) is 0 Å². The summed E-state index contributed by atoms with van der Waals surface area (Å²) >= 11 is 0. The number of benzene rings is 1. The van der Waals surface area contributed by atoms with Crippen LogP contribution in [0.25, 0.3) is 11.0 Å². The van der Waals surface area contributed by atoms with Crippen molar-refractivity contribution < 1.29 is 0 Å². The van der Waals surface area contributed by atoms with E-state index in [1.807, 2.05) is 0 Å². The summed E-state index contributed by atoms with van der Waals surface area (Å²) in [5.74, 6) is 1.21. The Morgan fingerprint density at radius 1 is 1.17 bits per heavy atom. The number of imidazole rings is 1. The van der Waals surface area contributed by atoms with Crippen molar-refractivity contribution in [1.82, 2.24) is 14.5 Å². The van der Waals surface area contributed by atoms with Crippen LogP contribution in [-0.4, -0.2) is 35.1 Å². The quantitative estimate of drug-likeness (QED) is 0.668. The lowest BCUT2D eigenvalue weighted by Crippen LogP contribution is -2.32. The first-order chi connectivity index (χ1) is 10.9. The lowest BCUT2D eigenvalue weighted by molar-refractivity contribution is 0.211. The third-order valence-electron chi connectivity index (χ3n) is 4.00. The van der Waals surface area contributed by atoms with Crippen molar-refractivity contribution >= 4 is 11.0 Å². The Hall–Kier alpha value is -1.61. The maximum absolute atomic E-state index is 4.89. The Balaban J connectivity index is 2.29. The molecule has 0 aliphatic carbocycles. The smallest absolute Gasteiger partial charge is 0.110 e. The van der Waals surface area contributed by atoms with Gasteiger partial charge >= 0.3 is 0 Å². The van der Waals surface area contributed by atoms with E-state index in [9.17, 15) is 0 Å². The number of hydrogen-bond acceptors (Lipinski definition) is 2. The Morgan fingerprint density at radius 3 is 2.61 bits per heavy atom. The molecule has 0 spiro atoms. The molecule has 2 aromatic rings. The minimum absolute atomic E-state index is 0.209. The van der Waals surface area contributed by atoms with Gasteiger partial charge < -0.3 is 9.47 Å². The van der Waals surface area contributed by atoms with Crippen molar-refractivity contribution in [2.75, 3.05) is 20.6 Å². The number of para-hydroxylation sites is 2. The fourth-order valence-electron chi connectivity index (χ4n) is 3.32. The molecule has 0 saturated heterocycles. The molecule has 23 heavy (non-hydrogen) atoms. The Morgan fingerprint density at radius 2 is 1.91 bits per heavy atom. The summed E-state index contributed by atoms with van der Waals surface area (Å²) in [6.07, 6.45) is 7.68. The summed E-state index contributed by atoms with van der Waals surface area (Å²) in [7, 11) is 4.29. The predicted molar refractivity (Wildman–Crippen MR) is 99.8 cm³/mol. The van der Waals surface area contributed by atoms with Crippen LogP contribution in [0.3, 0.4) is 0 Å². The lowest BCUT2D eigenvalue weighted by Gasteiger charge is -2.29. The van der Waals surface area contributed by atoms with Gasteiger partial charge in [-0.3, -0.25) is 0 Å². The summed E-state index contributed by atoms with van der Waals surface area (Å²) in [6, 6.07) is 8.50. The lowest BCUT2D eigenvalue weighted by atomic mass is 9.92. The van der Waals surface area contributed by atoms with Gasteiger partial charge in [-0.2, -0.15) is 0 Å². The van der Waals surface area contributed by atoms with Crippen LogP contribution >= 0.6 is 0 Å². The summed E-state index contributed by atoms with van der Waals surface area (Å²) in [6.45, 7) is 8.91. The van der Waals surface area contributed by atoms with Crippen LogP contribution < -0.4 is 0 Å². The molecule has 1 aromatic heterocycles.